The first-order chi connectivity index (χ1) is 10.4. The van der Waals surface area contributed by atoms with Gasteiger partial charge in [-0.2, -0.15) is 4.31 Å². The first kappa shape index (κ1) is 15.2. The van der Waals surface area contributed by atoms with Crippen LogP contribution in [0.15, 0.2) is 38.4 Å². The van der Waals surface area contributed by atoms with Gasteiger partial charge < -0.3 is 4.42 Å². The number of rotatable bonds is 2. The minimum atomic E-state index is -3.92. The van der Waals surface area contributed by atoms with E-state index in [1.54, 1.807) is 0 Å². The Bertz CT molecular complexity index is 867. The molecule has 118 valence electrons. The highest BCUT2D eigenvalue weighted by Gasteiger charge is 2.31. The standard InChI is InChI=1S/C15H16FNO4S/c1-10-4-6-17(7-5-10)22(19,20)14-9-11-8-12(16)2-3-13(11)21-15(14)18/h2-3,8-10H,4-7H2,1H3. The van der Waals surface area contributed by atoms with Crippen molar-refractivity contribution in [1.29, 1.82) is 0 Å². The quantitative estimate of drug-likeness (QED) is 0.795. The third-order valence-corrected chi connectivity index (χ3v) is 5.91. The van der Waals surface area contributed by atoms with Crippen molar-refractivity contribution in [3.05, 3.63) is 40.5 Å². The molecule has 2 heterocycles. The van der Waals surface area contributed by atoms with E-state index >= 15 is 0 Å². The molecule has 1 saturated heterocycles. The third-order valence-electron chi connectivity index (χ3n) is 4.02. The van der Waals surface area contributed by atoms with E-state index in [1.807, 2.05) is 0 Å². The summed E-state index contributed by atoms with van der Waals surface area (Å²) in [7, 11) is -3.92. The third kappa shape index (κ3) is 2.66. The number of hydrogen-bond donors (Lipinski definition) is 0. The molecule has 0 N–H and O–H groups in total. The average Bonchev–Trinajstić information content (AvgIpc) is 2.47. The topological polar surface area (TPSA) is 67.6 Å². The lowest BCUT2D eigenvalue weighted by atomic mass is 10.0. The normalized spacial score (nSPS) is 17.9. The smallest absolute Gasteiger partial charge is 0.356 e. The lowest BCUT2D eigenvalue weighted by Gasteiger charge is -2.28. The van der Waals surface area contributed by atoms with Gasteiger partial charge in [-0.15, -0.1) is 0 Å². The number of sulfonamides is 1. The van der Waals surface area contributed by atoms with Crippen LogP contribution < -0.4 is 5.63 Å². The molecule has 1 aliphatic rings. The van der Waals surface area contributed by atoms with Crippen molar-refractivity contribution < 1.29 is 17.2 Å². The van der Waals surface area contributed by atoms with Gasteiger partial charge in [0.25, 0.3) is 0 Å². The van der Waals surface area contributed by atoms with Crippen molar-refractivity contribution in [2.75, 3.05) is 13.1 Å². The molecule has 7 heteroatoms. The molecule has 22 heavy (non-hydrogen) atoms. The van der Waals surface area contributed by atoms with E-state index in [0.717, 1.165) is 25.0 Å². The predicted molar refractivity (Wildman–Crippen MR) is 79.6 cm³/mol. The van der Waals surface area contributed by atoms with Gasteiger partial charge in [-0.1, -0.05) is 6.92 Å². The fourth-order valence-electron chi connectivity index (χ4n) is 2.62. The fraction of sp³-hybridized carbons (Fsp3) is 0.400. The van der Waals surface area contributed by atoms with Crippen molar-refractivity contribution in [3.63, 3.8) is 0 Å². The van der Waals surface area contributed by atoms with Gasteiger partial charge in [-0.05, 0) is 43.0 Å². The maximum Gasteiger partial charge on any atom is 0.356 e. The summed E-state index contributed by atoms with van der Waals surface area (Å²) in [4.78, 5) is 11.6. The van der Waals surface area contributed by atoms with Gasteiger partial charge in [0.1, 0.15) is 11.4 Å². The van der Waals surface area contributed by atoms with Gasteiger partial charge in [0.05, 0.1) is 0 Å². The van der Waals surface area contributed by atoms with Crippen LogP contribution in [0.3, 0.4) is 0 Å². The number of halogens is 1. The van der Waals surface area contributed by atoms with Crippen LogP contribution in [0.25, 0.3) is 11.0 Å². The van der Waals surface area contributed by atoms with Gasteiger partial charge >= 0.3 is 5.63 Å². The van der Waals surface area contributed by atoms with Crippen LogP contribution in [-0.2, 0) is 10.0 Å². The number of nitrogens with zero attached hydrogens (tertiary/aromatic N) is 1. The van der Waals surface area contributed by atoms with Gasteiger partial charge in [-0.3, -0.25) is 0 Å². The summed E-state index contributed by atoms with van der Waals surface area (Å²) >= 11 is 0. The van der Waals surface area contributed by atoms with E-state index in [9.17, 15) is 17.6 Å². The second-order valence-corrected chi connectivity index (χ2v) is 7.57. The first-order valence-electron chi connectivity index (χ1n) is 7.11. The Morgan fingerprint density at radius 1 is 1.23 bits per heavy atom. The van der Waals surface area contributed by atoms with Crippen LogP contribution in [0.2, 0.25) is 0 Å². The molecule has 3 rings (SSSR count). The van der Waals surface area contributed by atoms with E-state index < -0.39 is 26.4 Å². The Labute approximate surface area is 127 Å². The molecule has 0 bridgehead atoms. The Balaban J connectivity index is 2.08. The first-order valence-corrected chi connectivity index (χ1v) is 8.55. The number of benzene rings is 1. The summed E-state index contributed by atoms with van der Waals surface area (Å²) in [6.07, 6.45) is 1.51. The fourth-order valence-corrected chi connectivity index (χ4v) is 4.12. The Morgan fingerprint density at radius 2 is 1.91 bits per heavy atom. The average molecular weight is 325 g/mol. The molecule has 0 aliphatic carbocycles. The zero-order chi connectivity index (χ0) is 15.9. The number of fused-ring (bicyclic) bond motifs is 1. The maximum absolute atomic E-state index is 13.3. The minimum absolute atomic E-state index is 0.164. The number of hydrogen-bond acceptors (Lipinski definition) is 4. The second kappa shape index (κ2) is 5.48. The monoisotopic (exact) mass is 325 g/mol. The van der Waals surface area contributed by atoms with Gasteiger partial charge in [-0.25, -0.2) is 17.6 Å². The van der Waals surface area contributed by atoms with E-state index in [2.05, 4.69) is 6.92 Å². The highest BCUT2D eigenvalue weighted by molar-refractivity contribution is 7.89. The lowest BCUT2D eigenvalue weighted by Crippen LogP contribution is -2.39. The van der Waals surface area contributed by atoms with E-state index in [0.29, 0.717) is 19.0 Å². The summed E-state index contributed by atoms with van der Waals surface area (Å²) in [5.74, 6) is -0.0509. The van der Waals surface area contributed by atoms with Crippen molar-refractivity contribution in [2.45, 2.75) is 24.7 Å². The summed E-state index contributed by atoms with van der Waals surface area (Å²) in [6, 6.07) is 4.81. The largest absolute Gasteiger partial charge is 0.422 e. The van der Waals surface area contributed by atoms with Gasteiger partial charge in [0.2, 0.25) is 10.0 Å². The summed E-state index contributed by atoms with van der Waals surface area (Å²) < 4.78 is 44.8. The molecule has 0 amide bonds. The highest BCUT2D eigenvalue weighted by atomic mass is 32.2. The van der Waals surface area contributed by atoms with E-state index in [4.69, 9.17) is 4.42 Å². The predicted octanol–water partition coefficient (Wildman–Crippen LogP) is 2.35. The zero-order valence-electron chi connectivity index (χ0n) is 12.1. The molecule has 1 aromatic carbocycles. The van der Waals surface area contributed by atoms with E-state index in [1.165, 1.54) is 16.4 Å². The van der Waals surface area contributed by atoms with Crippen LogP contribution >= 0.6 is 0 Å². The Hall–Kier alpha value is -1.73. The van der Waals surface area contributed by atoms with Crippen molar-refractivity contribution in [1.82, 2.24) is 4.31 Å². The van der Waals surface area contributed by atoms with Crippen LogP contribution in [0.4, 0.5) is 4.39 Å². The maximum atomic E-state index is 13.3. The van der Waals surface area contributed by atoms with Gasteiger partial charge in [0, 0.05) is 18.5 Å². The molecule has 1 aliphatic heterocycles. The highest BCUT2D eigenvalue weighted by Crippen LogP contribution is 2.24. The zero-order valence-corrected chi connectivity index (χ0v) is 12.9. The molecule has 5 nitrogen and oxygen atoms in total. The Morgan fingerprint density at radius 3 is 2.59 bits per heavy atom. The van der Waals surface area contributed by atoms with Crippen LogP contribution in [0.5, 0.6) is 0 Å². The summed E-state index contributed by atoms with van der Waals surface area (Å²) in [6.45, 7) is 2.82. The molecule has 0 atom stereocenters. The molecule has 0 radical (unpaired) electrons. The molecule has 2 aromatic rings. The van der Waals surface area contributed by atoms with Crippen molar-refractivity contribution >= 4 is 21.0 Å². The molecule has 0 saturated carbocycles. The molecular formula is C15H16FNO4S. The van der Waals surface area contributed by atoms with Crippen molar-refractivity contribution in [3.8, 4) is 0 Å². The van der Waals surface area contributed by atoms with Crippen molar-refractivity contribution in [2.24, 2.45) is 5.92 Å². The van der Waals surface area contributed by atoms with Gasteiger partial charge in [0.15, 0.2) is 4.90 Å². The molecule has 0 spiro atoms. The molecule has 1 fully saturated rings. The molecule has 1 aromatic heterocycles. The Kier molecular flexibility index (Phi) is 3.78. The second-order valence-electron chi connectivity index (χ2n) is 5.67. The SMILES string of the molecule is CC1CCN(S(=O)(=O)c2cc3cc(F)ccc3oc2=O)CC1. The van der Waals surface area contributed by atoms with Crippen LogP contribution in [-0.4, -0.2) is 25.8 Å². The summed E-state index contributed by atoms with van der Waals surface area (Å²) in [5.41, 5.74) is -0.754. The molecule has 0 unspecified atom stereocenters. The minimum Gasteiger partial charge on any atom is -0.422 e. The summed E-state index contributed by atoms with van der Waals surface area (Å²) in [5, 5.41) is 0.253. The number of piperidine rings is 1. The van der Waals surface area contributed by atoms with E-state index in [-0.39, 0.29) is 11.0 Å². The lowest BCUT2D eigenvalue weighted by molar-refractivity contribution is 0.287. The molecular weight excluding hydrogens is 309 g/mol. The van der Waals surface area contributed by atoms with Crippen LogP contribution in [0, 0.1) is 11.7 Å². The van der Waals surface area contributed by atoms with Crippen LogP contribution in [0.1, 0.15) is 19.8 Å².